The quantitative estimate of drug-likeness (QED) is 0.473. The van der Waals surface area contributed by atoms with Crippen LogP contribution in [0.15, 0.2) is 36.0 Å². The number of hydrogen-bond acceptors (Lipinski definition) is 6. The number of carbonyl (C=O) groups excluding carboxylic acids is 1. The van der Waals surface area contributed by atoms with E-state index < -0.39 is 5.97 Å². The van der Waals surface area contributed by atoms with E-state index in [4.69, 9.17) is 19.5 Å². The number of ether oxygens (including phenoxy) is 3. The Morgan fingerprint density at radius 3 is 3.13 bits per heavy atom. The fraction of sp³-hybridized carbons (Fsp3) is 0.412. The zero-order valence-corrected chi connectivity index (χ0v) is 13.1. The molecule has 0 aromatic heterocycles. The van der Waals surface area contributed by atoms with Crippen LogP contribution < -0.4 is 10.1 Å². The van der Waals surface area contributed by atoms with Crippen LogP contribution in [0.3, 0.4) is 0 Å². The van der Waals surface area contributed by atoms with E-state index in [-0.39, 0.29) is 18.3 Å². The molecule has 23 heavy (non-hydrogen) atoms. The minimum absolute atomic E-state index is 0.0856. The molecule has 1 aromatic rings. The third-order valence-electron chi connectivity index (χ3n) is 3.29. The molecule has 2 rings (SSSR count). The van der Waals surface area contributed by atoms with Crippen LogP contribution in [0.5, 0.6) is 5.75 Å². The Hall–Kier alpha value is -2.52. The normalized spacial score (nSPS) is 17.4. The first-order valence-corrected chi connectivity index (χ1v) is 7.61. The second kappa shape index (κ2) is 8.81. The molecule has 1 atom stereocenters. The molecule has 0 amide bonds. The lowest BCUT2D eigenvalue weighted by Gasteiger charge is -2.12. The van der Waals surface area contributed by atoms with Crippen LogP contribution in [0.1, 0.15) is 19.8 Å². The lowest BCUT2D eigenvalue weighted by molar-refractivity contribution is -0.138. The SMILES string of the molecule is CCOC(=O)/C(C#N)=C/Nc1cccc(OCC2CCCO2)c1. The number of carbonyl (C=O) groups is 1. The van der Waals surface area contributed by atoms with Gasteiger partial charge in [-0.1, -0.05) is 6.07 Å². The molecule has 1 aliphatic rings. The molecule has 1 aliphatic heterocycles. The van der Waals surface area contributed by atoms with Gasteiger partial charge in [-0.05, 0) is 31.9 Å². The summed E-state index contributed by atoms with van der Waals surface area (Å²) in [5.41, 5.74) is 0.629. The van der Waals surface area contributed by atoms with Gasteiger partial charge in [0.05, 0.1) is 12.7 Å². The fourth-order valence-electron chi connectivity index (χ4n) is 2.14. The van der Waals surface area contributed by atoms with Crippen molar-refractivity contribution in [3.05, 3.63) is 36.0 Å². The van der Waals surface area contributed by atoms with Crippen molar-refractivity contribution < 1.29 is 19.0 Å². The standard InChI is InChI=1S/C17H20N2O4/c1-2-21-17(20)13(10-18)11-19-14-5-3-6-15(9-14)23-12-16-7-4-8-22-16/h3,5-6,9,11,16,19H,2,4,7-8,12H2,1H3/b13-11+. The Morgan fingerprint density at radius 1 is 1.57 bits per heavy atom. The fourth-order valence-corrected chi connectivity index (χ4v) is 2.14. The van der Waals surface area contributed by atoms with Gasteiger partial charge in [0.15, 0.2) is 5.57 Å². The zero-order chi connectivity index (χ0) is 16.5. The Balaban J connectivity index is 1.93. The van der Waals surface area contributed by atoms with Crippen molar-refractivity contribution in [2.75, 3.05) is 25.1 Å². The number of esters is 1. The zero-order valence-electron chi connectivity index (χ0n) is 13.1. The molecule has 1 saturated heterocycles. The summed E-state index contributed by atoms with van der Waals surface area (Å²) >= 11 is 0. The van der Waals surface area contributed by atoms with Gasteiger partial charge in [0.25, 0.3) is 0 Å². The van der Waals surface area contributed by atoms with Crippen molar-refractivity contribution in [2.45, 2.75) is 25.9 Å². The maximum absolute atomic E-state index is 11.5. The Labute approximate surface area is 135 Å². The maximum atomic E-state index is 11.5. The first kappa shape index (κ1) is 16.8. The maximum Gasteiger partial charge on any atom is 0.350 e. The van der Waals surface area contributed by atoms with Gasteiger partial charge in [-0.3, -0.25) is 0 Å². The summed E-state index contributed by atoms with van der Waals surface area (Å²) in [6.07, 6.45) is 3.58. The van der Waals surface area contributed by atoms with E-state index >= 15 is 0 Å². The van der Waals surface area contributed by atoms with E-state index in [0.717, 1.165) is 19.4 Å². The summed E-state index contributed by atoms with van der Waals surface area (Å²) in [4.78, 5) is 11.5. The van der Waals surface area contributed by atoms with E-state index in [1.165, 1.54) is 6.20 Å². The predicted octanol–water partition coefficient (Wildman–Crippen LogP) is 2.63. The lowest BCUT2D eigenvalue weighted by Crippen LogP contribution is -2.16. The first-order chi connectivity index (χ1) is 11.2. The van der Waals surface area contributed by atoms with E-state index in [1.807, 2.05) is 24.3 Å². The number of benzene rings is 1. The highest BCUT2D eigenvalue weighted by Crippen LogP contribution is 2.20. The lowest BCUT2D eigenvalue weighted by atomic mass is 10.2. The Bertz CT molecular complexity index is 601. The molecule has 1 N–H and O–H groups in total. The summed E-state index contributed by atoms with van der Waals surface area (Å²) < 4.78 is 16.0. The smallest absolute Gasteiger partial charge is 0.350 e. The topological polar surface area (TPSA) is 80.6 Å². The molecule has 1 heterocycles. The molecule has 122 valence electrons. The van der Waals surface area contributed by atoms with Gasteiger partial charge in [-0.15, -0.1) is 0 Å². The number of nitrogens with zero attached hydrogens (tertiary/aromatic N) is 1. The van der Waals surface area contributed by atoms with Crippen LogP contribution >= 0.6 is 0 Å². The number of nitrogens with one attached hydrogen (secondary N) is 1. The van der Waals surface area contributed by atoms with Gasteiger partial charge in [0.2, 0.25) is 0 Å². The van der Waals surface area contributed by atoms with Gasteiger partial charge in [-0.2, -0.15) is 5.26 Å². The molecule has 0 bridgehead atoms. The Kier molecular flexibility index (Phi) is 6.45. The molecule has 1 fully saturated rings. The van der Waals surface area contributed by atoms with Gasteiger partial charge in [-0.25, -0.2) is 4.79 Å². The predicted molar refractivity (Wildman–Crippen MR) is 84.9 cm³/mol. The molecule has 6 nitrogen and oxygen atoms in total. The average molecular weight is 316 g/mol. The van der Waals surface area contributed by atoms with E-state index in [0.29, 0.717) is 18.0 Å². The Morgan fingerprint density at radius 2 is 2.43 bits per heavy atom. The van der Waals surface area contributed by atoms with Crippen LogP contribution in [-0.4, -0.2) is 31.9 Å². The monoisotopic (exact) mass is 316 g/mol. The summed E-state index contributed by atoms with van der Waals surface area (Å²) in [6, 6.07) is 9.10. The summed E-state index contributed by atoms with van der Waals surface area (Å²) in [5, 5.41) is 11.9. The van der Waals surface area contributed by atoms with Crippen molar-refractivity contribution in [3.8, 4) is 11.8 Å². The average Bonchev–Trinajstić information content (AvgIpc) is 3.08. The van der Waals surface area contributed by atoms with Crippen molar-refractivity contribution in [3.63, 3.8) is 0 Å². The molecule has 0 radical (unpaired) electrons. The molecular formula is C17H20N2O4. The number of nitriles is 1. The van der Waals surface area contributed by atoms with Crippen LogP contribution in [0.2, 0.25) is 0 Å². The van der Waals surface area contributed by atoms with Gasteiger partial charge in [0, 0.05) is 24.6 Å². The molecule has 6 heteroatoms. The second-order valence-electron chi connectivity index (χ2n) is 5.01. The largest absolute Gasteiger partial charge is 0.491 e. The van der Waals surface area contributed by atoms with E-state index in [2.05, 4.69) is 5.32 Å². The number of rotatable bonds is 7. The molecule has 1 aromatic carbocycles. The van der Waals surface area contributed by atoms with E-state index in [1.54, 1.807) is 13.0 Å². The first-order valence-electron chi connectivity index (χ1n) is 7.61. The molecule has 0 aliphatic carbocycles. The van der Waals surface area contributed by atoms with Crippen molar-refractivity contribution in [1.29, 1.82) is 5.26 Å². The highest BCUT2D eigenvalue weighted by atomic mass is 16.5. The molecule has 0 saturated carbocycles. The molecule has 1 unspecified atom stereocenters. The molecule has 0 spiro atoms. The second-order valence-corrected chi connectivity index (χ2v) is 5.01. The van der Waals surface area contributed by atoms with Crippen LogP contribution in [0.4, 0.5) is 5.69 Å². The van der Waals surface area contributed by atoms with E-state index in [9.17, 15) is 4.79 Å². The van der Waals surface area contributed by atoms with Crippen LogP contribution in [0.25, 0.3) is 0 Å². The highest BCUT2D eigenvalue weighted by molar-refractivity contribution is 5.93. The van der Waals surface area contributed by atoms with Crippen molar-refractivity contribution in [2.24, 2.45) is 0 Å². The highest BCUT2D eigenvalue weighted by Gasteiger charge is 2.16. The summed E-state index contributed by atoms with van der Waals surface area (Å²) in [6.45, 7) is 3.23. The van der Waals surface area contributed by atoms with Crippen LogP contribution in [0, 0.1) is 11.3 Å². The minimum atomic E-state index is -0.645. The minimum Gasteiger partial charge on any atom is -0.491 e. The van der Waals surface area contributed by atoms with Crippen LogP contribution in [-0.2, 0) is 14.3 Å². The summed E-state index contributed by atoms with van der Waals surface area (Å²) in [7, 11) is 0. The van der Waals surface area contributed by atoms with Crippen molar-refractivity contribution in [1.82, 2.24) is 0 Å². The van der Waals surface area contributed by atoms with Gasteiger partial charge in [0.1, 0.15) is 18.4 Å². The number of anilines is 1. The number of hydrogen-bond donors (Lipinski definition) is 1. The third kappa shape index (κ3) is 5.31. The summed E-state index contributed by atoms with van der Waals surface area (Å²) in [5.74, 6) is 0.0572. The third-order valence-corrected chi connectivity index (χ3v) is 3.29. The van der Waals surface area contributed by atoms with Gasteiger partial charge < -0.3 is 19.5 Å². The van der Waals surface area contributed by atoms with Crippen molar-refractivity contribution >= 4 is 11.7 Å². The molecular weight excluding hydrogens is 296 g/mol. The van der Waals surface area contributed by atoms with Gasteiger partial charge >= 0.3 is 5.97 Å².